The molecular formula is C20H23F3N2O. The molecule has 3 unspecified atom stereocenters. The van der Waals surface area contributed by atoms with Gasteiger partial charge in [0.2, 0.25) is 5.91 Å². The van der Waals surface area contributed by atoms with Gasteiger partial charge in [-0.1, -0.05) is 31.2 Å². The molecule has 1 aromatic rings. The summed E-state index contributed by atoms with van der Waals surface area (Å²) in [6.45, 7) is 2.45. The normalized spacial score (nSPS) is 34.3. The predicted octanol–water partition coefficient (Wildman–Crippen LogP) is 3.84. The first kappa shape index (κ1) is 17.6. The van der Waals surface area contributed by atoms with Crippen molar-refractivity contribution in [3.05, 3.63) is 41.5 Å². The number of nitrogens with two attached hydrogens (primary N) is 1. The number of carbonyl (C=O) groups excluding carboxylic acids is 1. The number of rotatable bonds is 1. The van der Waals surface area contributed by atoms with Gasteiger partial charge in [0.25, 0.3) is 0 Å². The maximum absolute atomic E-state index is 13.4. The number of halogens is 3. The van der Waals surface area contributed by atoms with Crippen molar-refractivity contribution < 1.29 is 18.0 Å². The van der Waals surface area contributed by atoms with Crippen LogP contribution in [0.5, 0.6) is 0 Å². The summed E-state index contributed by atoms with van der Waals surface area (Å²) in [7, 11) is 0. The topological polar surface area (TPSA) is 46.3 Å². The van der Waals surface area contributed by atoms with E-state index in [4.69, 9.17) is 5.73 Å². The van der Waals surface area contributed by atoms with Crippen molar-refractivity contribution in [1.29, 1.82) is 0 Å². The molecule has 2 N–H and O–H groups in total. The zero-order chi connectivity index (χ0) is 18.7. The van der Waals surface area contributed by atoms with Crippen LogP contribution in [0.15, 0.2) is 30.3 Å². The first-order chi connectivity index (χ1) is 12.2. The highest BCUT2D eigenvalue weighted by atomic mass is 19.4. The Kier molecular flexibility index (Phi) is 3.95. The van der Waals surface area contributed by atoms with Gasteiger partial charge in [0.15, 0.2) is 0 Å². The van der Waals surface area contributed by atoms with Gasteiger partial charge in [-0.05, 0) is 48.8 Å². The van der Waals surface area contributed by atoms with E-state index in [1.54, 1.807) is 12.1 Å². The van der Waals surface area contributed by atoms with E-state index in [1.165, 1.54) is 12.1 Å². The van der Waals surface area contributed by atoms with Crippen molar-refractivity contribution in [3.63, 3.8) is 0 Å². The van der Waals surface area contributed by atoms with E-state index in [2.05, 4.69) is 6.92 Å². The van der Waals surface area contributed by atoms with E-state index < -0.39 is 17.2 Å². The first-order valence-electron chi connectivity index (χ1n) is 9.16. The maximum Gasteiger partial charge on any atom is 0.416 e. The zero-order valence-corrected chi connectivity index (χ0v) is 14.7. The van der Waals surface area contributed by atoms with Crippen molar-refractivity contribution in [3.8, 4) is 0 Å². The number of amides is 1. The SMILES string of the molecule is CC1C2CC(c3ccccc3C(F)(F)F)=CCN2C(=O)[C@]12CCC(N)C2. The molecule has 3 aliphatic rings. The van der Waals surface area contributed by atoms with Gasteiger partial charge in [0.05, 0.1) is 11.0 Å². The molecule has 1 saturated heterocycles. The van der Waals surface area contributed by atoms with Crippen LogP contribution in [0, 0.1) is 11.3 Å². The maximum atomic E-state index is 13.4. The summed E-state index contributed by atoms with van der Waals surface area (Å²) in [5.74, 6) is 0.243. The third-order valence-corrected chi connectivity index (χ3v) is 6.67. The van der Waals surface area contributed by atoms with Crippen LogP contribution in [0.25, 0.3) is 5.57 Å². The second kappa shape index (κ2) is 5.84. The van der Waals surface area contributed by atoms with Crippen LogP contribution in [-0.4, -0.2) is 29.4 Å². The number of carbonyl (C=O) groups is 1. The summed E-state index contributed by atoms with van der Waals surface area (Å²) < 4.78 is 40.2. The van der Waals surface area contributed by atoms with Crippen molar-refractivity contribution in [2.45, 2.75) is 50.9 Å². The molecule has 140 valence electrons. The zero-order valence-electron chi connectivity index (χ0n) is 14.7. The third kappa shape index (κ3) is 2.49. The van der Waals surface area contributed by atoms with Gasteiger partial charge in [0.1, 0.15) is 0 Å². The van der Waals surface area contributed by atoms with Crippen LogP contribution in [-0.2, 0) is 11.0 Å². The predicted molar refractivity (Wildman–Crippen MR) is 93.0 cm³/mol. The Morgan fingerprint density at radius 1 is 1.27 bits per heavy atom. The van der Waals surface area contributed by atoms with E-state index in [0.29, 0.717) is 25.0 Å². The number of fused-ring (bicyclic) bond motifs is 1. The van der Waals surface area contributed by atoms with Crippen molar-refractivity contribution >= 4 is 11.5 Å². The molecule has 1 amide bonds. The highest BCUT2D eigenvalue weighted by Crippen LogP contribution is 2.54. The lowest BCUT2D eigenvalue weighted by molar-refractivity contribution is -0.138. The van der Waals surface area contributed by atoms with Crippen LogP contribution in [0.4, 0.5) is 13.2 Å². The molecule has 6 heteroatoms. The molecule has 0 radical (unpaired) electrons. The minimum Gasteiger partial charge on any atom is -0.335 e. The van der Waals surface area contributed by atoms with Crippen LogP contribution < -0.4 is 5.73 Å². The molecule has 1 spiro atoms. The molecule has 0 aromatic heterocycles. The van der Waals surface area contributed by atoms with Crippen molar-refractivity contribution in [2.75, 3.05) is 6.54 Å². The van der Waals surface area contributed by atoms with Gasteiger partial charge in [-0.25, -0.2) is 0 Å². The summed E-state index contributed by atoms with van der Waals surface area (Å²) in [4.78, 5) is 14.9. The Hall–Kier alpha value is -1.82. The van der Waals surface area contributed by atoms with Crippen LogP contribution in [0.3, 0.4) is 0 Å². The summed E-state index contributed by atoms with van der Waals surface area (Å²) in [6.07, 6.45) is 0.194. The molecule has 4 rings (SSSR count). The van der Waals surface area contributed by atoms with E-state index in [0.717, 1.165) is 18.9 Å². The van der Waals surface area contributed by atoms with Gasteiger partial charge in [-0.15, -0.1) is 0 Å². The Morgan fingerprint density at radius 3 is 2.65 bits per heavy atom. The third-order valence-electron chi connectivity index (χ3n) is 6.67. The number of alkyl halides is 3. The highest BCUT2D eigenvalue weighted by molar-refractivity contribution is 5.88. The minimum absolute atomic E-state index is 0.0427. The fraction of sp³-hybridized carbons (Fsp3) is 0.550. The molecule has 3 nitrogen and oxygen atoms in total. The standard InChI is InChI=1S/C20H23F3N2O/c1-12-17-10-13(15-4-2-3-5-16(15)20(21,22)23)7-9-25(17)18(26)19(12)8-6-14(24)11-19/h2-5,7,12,14,17H,6,8-11,24H2,1H3/t12?,14?,17?,19-/m0/s1. The average molecular weight is 364 g/mol. The Morgan fingerprint density at radius 2 is 2.00 bits per heavy atom. The monoisotopic (exact) mass is 364 g/mol. The van der Waals surface area contributed by atoms with Crippen LogP contribution >= 0.6 is 0 Å². The van der Waals surface area contributed by atoms with Gasteiger partial charge >= 0.3 is 6.18 Å². The van der Waals surface area contributed by atoms with E-state index in [-0.39, 0.29) is 29.5 Å². The molecule has 1 aromatic carbocycles. The second-order valence-electron chi connectivity index (χ2n) is 7.95. The summed E-state index contributed by atoms with van der Waals surface area (Å²) >= 11 is 0. The Balaban J connectivity index is 1.66. The largest absolute Gasteiger partial charge is 0.416 e. The number of hydrogen-bond acceptors (Lipinski definition) is 2. The minimum atomic E-state index is -4.38. The van der Waals surface area contributed by atoms with E-state index in [1.807, 2.05) is 4.90 Å². The second-order valence-corrected chi connectivity index (χ2v) is 7.95. The number of nitrogens with zero attached hydrogens (tertiary/aromatic N) is 1. The Labute approximate surface area is 151 Å². The van der Waals surface area contributed by atoms with Gasteiger partial charge in [-0.3, -0.25) is 4.79 Å². The lowest BCUT2D eigenvalue weighted by Crippen LogP contribution is -2.39. The lowest BCUT2D eigenvalue weighted by Gasteiger charge is -2.32. The highest BCUT2D eigenvalue weighted by Gasteiger charge is 2.59. The molecule has 0 bridgehead atoms. The molecule has 4 atom stereocenters. The summed E-state index contributed by atoms with van der Waals surface area (Å²) in [5, 5.41) is 0. The first-order valence-corrected chi connectivity index (χ1v) is 9.16. The fourth-order valence-corrected chi connectivity index (χ4v) is 5.25. The molecule has 26 heavy (non-hydrogen) atoms. The Bertz CT molecular complexity index is 773. The molecule has 1 aliphatic carbocycles. The average Bonchev–Trinajstić information content (AvgIpc) is 3.10. The molecule has 1 saturated carbocycles. The van der Waals surface area contributed by atoms with Crippen LogP contribution in [0.1, 0.15) is 43.7 Å². The van der Waals surface area contributed by atoms with Crippen molar-refractivity contribution in [2.24, 2.45) is 17.1 Å². The lowest BCUT2D eigenvalue weighted by atomic mass is 9.73. The van der Waals surface area contributed by atoms with Crippen molar-refractivity contribution in [1.82, 2.24) is 4.90 Å². The molecule has 2 aliphatic heterocycles. The fourth-order valence-electron chi connectivity index (χ4n) is 5.25. The van der Waals surface area contributed by atoms with Gasteiger partial charge < -0.3 is 10.6 Å². The molecular weight excluding hydrogens is 341 g/mol. The van der Waals surface area contributed by atoms with Gasteiger partial charge in [0, 0.05) is 18.6 Å². The van der Waals surface area contributed by atoms with E-state index in [9.17, 15) is 18.0 Å². The quantitative estimate of drug-likeness (QED) is 0.823. The van der Waals surface area contributed by atoms with Crippen LogP contribution in [0.2, 0.25) is 0 Å². The smallest absolute Gasteiger partial charge is 0.335 e. The van der Waals surface area contributed by atoms with E-state index >= 15 is 0 Å². The number of benzene rings is 1. The summed E-state index contributed by atoms with van der Waals surface area (Å²) in [6, 6.07) is 5.71. The molecule has 2 heterocycles. The van der Waals surface area contributed by atoms with Gasteiger partial charge in [-0.2, -0.15) is 13.2 Å². The molecule has 2 fully saturated rings. The summed E-state index contributed by atoms with van der Waals surface area (Å²) in [5.41, 5.74) is 5.99. The number of hydrogen-bond donors (Lipinski definition) is 1.